The first-order valence-corrected chi connectivity index (χ1v) is 7.15. The van der Waals surface area contributed by atoms with Gasteiger partial charge >= 0.3 is 0 Å². The van der Waals surface area contributed by atoms with Crippen molar-refractivity contribution in [1.82, 2.24) is 5.32 Å². The van der Waals surface area contributed by atoms with E-state index in [9.17, 15) is 0 Å². The predicted molar refractivity (Wildman–Crippen MR) is 78.1 cm³/mol. The van der Waals surface area contributed by atoms with Crippen molar-refractivity contribution in [3.05, 3.63) is 27.7 Å². The summed E-state index contributed by atoms with van der Waals surface area (Å²) in [4.78, 5) is 0. The minimum Gasteiger partial charge on any atom is -0.493 e. The number of aryl methyl sites for hydroxylation is 1. The molecule has 0 aliphatic carbocycles. The van der Waals surface area contributed by atoms with Crippen LogP contribution < -0.4 is 10.1 Å². The lowest BCUT2D eigenvalue weighted by atomic mass is 10.1. The molecule has 18 heavy (non-hydrogen) atoms. The third kappa shape index (κ3) is 4.96. The van der Waals surface area contributed by atoms with Gasteiger partial charge in [-0.05, 0) is 50.9 Å². The van der Waals surface area contributed by atoms with E-state index in [-0.39, 0.29) is 6.61 Å². The summed E-state index contributed by atoms with van der Waals surface area (Å²) in [7, 11) is 1.93. The van der Waals surface area contributed by atoms with E-state index in [1.165, 1.54) is 5.56 Å². The molecular weight excluding hydrogens is 294 g/mol. The van der Waals surface area contributed by atoms with Gasteiger partial charge in [0, 0.05) is 23.2 Å². The van der Waals surface area contributed by atoms with Gasteiger partial charge in [0.15, 0.2) is 0 Å². The number of hydrogen-bond acceptors (Lipinski definition) is 3. The summed E-state index contributed by atoms with van der Waals surface area (Å²) in [6, 6.07) is 4.16. The molecule has 0 unspecified atom stereocenters. The quantitative estimate of drug-likeness (QED) is 0.725. The lowest BCUT2D eigenvalue weighted by molar-refractivity contribution is 0.264. The van der Waals surface area contributed by atoms with Gasteiger partial charge in [0.25, 0.3) is 0 Å². The molecule has 0 spiro atoms. The molecule has 1 aromatic rings. The van der Waals surface area contributed by atoms with Gasteiger partial charge < -0.3 is 15.2 Å². The molecule has 0 saturated heterocycles. The SMILES string of the molecule is CNCc1cc(Br)cc(C)c1OCCCCCO. The first kappa shape index (κ1) is 15.5. The van der Waals surface area contributed by atoms with Gasteiger partial charge in [-0.15, -0.1) is 0 Å². The Morgan fingerprint density at radius 2 is 2.06 bits per heavy atom. The zero-order valence-electron chi connectivity index (χ0n) is 11.1. The molecule has 1 aromatic carbocycles. The van der Waals surface area contributed by atoms with Gasteiger partial charge in [0.05, 0.1) is 6.61 Å². The molecule has 0 bridgehead atoms. The van der Waals surface area contributed by atoms with Crippen LogP contribution in [0.1, 0.15) is 30.4 Å². The molecule has 102 valence electrons. The molecule has 0 aliphatic rings. The number of rotatable bonds is 8. The van der Waals surface area contributed by atoms with Crippen LogP contribution in [0.4, 0.5) is 0 Å². The molecule has 4 heteroatoms. The number of benzene rings is 1. The molecule has 0 saturated carbocycles. The first-order chi connectivity index (χ1) is 8.69. The Kier molecular flexibility index (Phi) is 7.32. The van der Waals surface area contributed by atoms with E-state index in [2.05, 4.69) is 40.3 Å². The Morgan fingerprint density at radius 1 is 1.28 bits per heavy atom. The Bertz CT molecular complexity index is 369. The highest BCUT2D eigenvalue weighted by molar-refractivity contribution is 9.10. The van der Waals surface area contributed by atoms with E-state index >= 15 is 0 Å². The largest absolute Gasteiger partial charge is 0.493 e. The summed E-state index contributed by atoms with van der Waals surface area (Å²) >= 11 is 3.51. The van der Waals surface area contributed by atoms with E-state index in [0.29, 0.717) is 6.61 Å². The van der Waals surface area contributed by atoms with Crippen molar-refractivity contribution in [3.63, 3.8) is 0 Å². The van der Waals surface area contributed by atoms with Gasteiger partial charge in [-0.25, -0.2) is 0 Å². The molecule has 0 radical (unpaired) electrons. The molecule has 2 N–H and O–H groups in total. The fraction of sp³-hybridized carbons (Fsp3) is 0.571. The second-order valence-electron chi connectivity index (χ2n) is 4.37. The highest BCUT2D eigenvalue weighted by Gasteiger charge is 2.08. The summed E-state index contributed by atoms with van der Waals surface area (Å²) in [5.74, 6) is 0.983. The lowest BCUT2D eigenvalue weighted by Crippen LogP contribution is -2.09. The minimum absolute atomic E-state index is 0.266. The van der Waals surface area contributed by atoms with Gasteiger partial charge in [0.2, 0.25) is 0 Å². The summed E-state index contributed by atoms with van der Waals surface area (Å²) in [6.45, 7) is 3.83. The van der Waals surface area contributed by atoms with E-state index in [1.807, 2.05) is 7.05 Å². The van der Waals surface area contributed by atoms with Gasteiger partial charge in [-0.3, -0.25) is 0 Å². The van der Waals surface area contributed by atoms with Gasteiger partial charge in [-0.2, -0.15) is 0 Å². The van der Waals surface area contributed by atoms with E-state index in [0.717, 1.165) is 41.6 Å². The predicted octanol–water partition coefficient (Wildman–Crippen LogP) is 3.02. The third-order valence-corrected chi connectivity index (χ3v) is 3.19. The fourth-order valence-electron chi connectivity index (χ4n) is 1.89. The molecule has 0 fully saturated rings. The molecule has 0 amide bonds. The average Bonchev–Trinajstić information content (AvgIpc) is 2.32. The average molecular weight is 316 g/mol. The van der Waals surface area contributed by atoms with Crippen molar-refractivity contribution >= 4 is 15.9 Å². The highest BCUT2D eigenvalue weighted by atomic mass is 79.9. The maximum Gasteiger partial charge on any atom is 0.126 e. The number of aliphatic hydroxyl groups excluding tert-OH is 1. The van der Waals surface area contributed by atoms with Crippen LogP contribution in [0, 0.1) is 6.92 Å². The Balaban J connectivity index is 2.62. The van der Waals surface area contributed by atoms with Gasteiger partial charge in [0.1, 0.15) is 5.75 Å². The number of ether oxygens (including phenoxy) is 1. The third-order valence-electron chi connectivity index (χ3n) is 2.73. The number of unbranched alkanes of at least 4 members (excludes halogenated alkanes) is 2. The topological polar surface area (TPSA) is 41.5 Å². The molecular formula is C14H22BrNO2. The summed E-state index contributed by atoms with van der Waals surface area (Å²) in [6.07, 6.45) is 2.84. The van der Waals surface area contributed by atoms with Crippen LogP contribution in [-0.2, 0) is 6.54 Å². The van der Waals surface area contributed by atoms with Crippen LogP contribution in [0.2, 0.25) is 0 Å². The Hall–Kier alpha value is -0.580. The maximum atomic E-state index is 8.72. The zero-order chi connectivity index (χ0) is 13.4. The van der Waals surface area contributed by atoms with Crippen LogP contribution in [0.15, 0.2) is 16.6 Å². The number of halogens is 1. The second kappa shape index (κ2) is 8.51. The molecule has 0 atom stereocenters. The van der Waals surface area contributed by atoms with Crippen LogP contribution in [0.3, 0.4) is 0 Å². The van der Waals surface area contributed by atoms with Crippen molar-refractivity contribution in [2.24, 2.45) is 0 Å². The van der Waals surface area contributed by atoms with Crippen LogP contribution in [0.5, 0.6) is 5.75 Å². The smallest absolute Gasteiger partial charge is 0.126 e. The molecule has 0 aliphatic heterocycles. The first-order valence-electron chi connectivity index (χ1n) is 6.36. The van der Waals surface area contributed by atoms with Crippen molar-refractivity contribution in [2.75, 3.05) is 20.3 Å². The monoisotopic (exact) mass is 315 g/mol. The minimum atomic E-state index is 0.266. The normalized spacial score (nSPS) is 10.7. The van der Waals surface area contributed by atoms with Gasteiger partial charge in [-0.1, -0.05) is 15.9 Å². The molecule has 0 aromatic heterocycles. The summed E-state index contributed by atoms with van der Waals surface area (Å²) in [5.41, 5.74) is 2.32. The lowest BCUT2D eigenvalue weighted by Gasteiger charge is -2.14. The fourth-order valence-corrected chi connectivity index (χ4v) is 2.51. The summed E-state index contributed by atoms with van der Waals surface area (Å²) < 4.78 is 6.96. The van der Waals surface area contributed by atoms with E-state index in [4.69, 9.17) is 9.84 Å². The van der Waals surface area contributed by atoms with Crippen molar-refractivity contribution < 1.29 is 9.84 Å². The summed E-state index contributed by atoms with van der Waals surface area (Å²) in [5, 5.41) is 11.9. The second-order valence-corrected chi connectivity index (χ2v) is 5.29. The van der Waals surface area contributed by atoms with E-state index < -0.39 is 0 Å². The van der Waals surface area contributed by atoms with Crippen LogP contribution in [-0.4, -0.2) is 25.4 Å². The van der Waals surface area contributed by atoms with Crippen molar-refractivity contribution in [2.45, 2.75) is 32.7 Å². The molecule has 3 nitrogen and oxygen atoms in total. The zero-order valence-corrected chi connectivity index (χ0v) is 12.7. The van der Waals surface area contributed by atoms with Crippen LogP contribution in [0.25, 0.3) is 0 Å². The Morgan fingerprint density at radius 3 is 2.72 bits per heavy atom. The van der Waals surface area contributed by atoms with E-state index in [1.54, 1.807) is 0 Å². The number of hydrogen-bond donors (Lipinski definition) is 2. The van der Waals surface area contributed by atoms with Crippen LogP contribution >= 0.6 is 15.9 Å². The molecule has 1 rings (SSSR count). The number of nitrogens with one attached hydrogen (secondary N) is 1. The number of aliphatic hydroxyl groups is 1. The standard InChI is InChI=1S/C14H22BrNO2/c1-11-8-13(15)9-12(10-16-2)14(11)18-7-5-3-4-6-17/h8-9,16-17H,3-7,10H2,1-2H3. The Labute approximate surface area is 118 Å². The molecule has 0 heterocycles. The maximum absolute atomic E-state index is 8.72. The van der Waals surface area contributed by atoms with Crippen molar-refractivity contribution in [3.8, 4) is 5.75 Å². The highest BCUT2D eigenvalue weighted by Crippen LogP contribution is 2.28. The van der Waals surface area contributed by atoms with Crippen molar-refractivity contribution in [1.29, 1.82) is 0 Å².